The molecule has 0 amide bonds. The fourth-order valence-electron chi connectivity index (χ4n) is 4.98. The molecule has 2 atom stereocenters. The number of hydrogen-bond donors (Lipinski definition) is 0. The van der Waals surface area contributed by atoms with E-state index in [1.165, 1.54) is 23.1 Å². The highest BCUT2D eigenvalue weighted by molar-refractivity contribution is 5.29. The zero-order valence-corrected chi connectivity index (χ0v) is 19.5. The molecule has 172 valence electrons. The molecule has 5 rings (SSSR count). The Balaban J connectivity index is 1.24. The van der Waals surface area contributed by atoms with Gasteiger partial charge in [-0.2, -0.15) is 0 Å². The molecular weight excluding hydrogens is 410 g/mol. The first-order chi connectivity index (χ1) is 16.2. The van der Waals surface area contributed by atoms with Crippen molar-refractivity contribution >= 4 is 0 Å². The van der Waals surface area contributed by atoms with E-state index in [2.05, 4.69) is 59.3 Å². The molecule has 33 heavy (non-hydrogen) atoms. The molecule has 0 aliphatic carbocycles. The van der Waals surface area contributed by atoms with Gasteiger partial charge in [-0.25, -0.2) is 0 Å². The van der Waals surface area contributed by atoms with Crippen molar-refractivity contribution in [3.05, 3.63) is 89.0 Å². The summed E-state index contributed by atoms with van der Waals surface area (Å²) in [6.45, 7) is 5.60. The summed E-state index contributed by atoms with van der Waals surface area (Å²) in [6, 6.07) is 17.4. The average Bonchev–Trinajstić information content (AvgIpc) is 3.50. The van der Waals surface area contributed by atoms with Crippen molar-refractivity contribution in [1.82, 2.24) is 14.9 Å². The Morgan fingerprint density at radius 1 is 1.03 bits per heavy atom. The van der Waals surface area contributed by atoms with Gasteiger partial charge in [0.1, 0.15) is 12.4 Å². The van der Waals surface area contributed by atoms with E-state index in [4.69, 9.17) is 14.5 Å². The molecular formula is C28H33N3O2. The fourth-order valence-corrected chi connectivity index (χ4v) is 4.98. The van der Waals surface area contributed by atoms with Crippen LogP contribution in [0.4, 0.5) is 0 Å². The third kappa shape index (κ3) is 5.79. The molecule has 2 aliphatic heterocycles. The first-order valence-electron chi connectivity index (χ1n) is 12.2. The van der Waals surface area contributed by atoms with Crippen molar-refractivity contribution in [1.29, 1.82) is 0 Å². The van der Waals surface area contributed by atoms with Gasteiger partial charge in [-0.15, -0.1) is 0 Å². The lowest BCUT2D eigenvalue weighted by Crippen LogP contribution is -2.24. The van der Waals surface area contributed by atoms with E-state index in [1.807, 2.05) is 18.5 Å². The van der Waals surface area contributed by atoms with E-state index in [0.29, 0.717) is 12.6 Å². The van der Waals surface area contributed by atoms with E-state index in [-0.39, 0.29) is 6.10 Å². The van der Waals surface area contributed by atoms with Crippen LogP contribution < -0.4 is 4.74 Å². The van der Waals surface area contributed by atoms with Gasteiger partial charge < -0.3 is 9.47 Å². The van der Waals surface area contributed by atoms with Gasteiger partial charge >= 0.3 is 0 Å². The van der Waals surface area contributed by atoms with Crippen molar-refractivity contribution in [2.45, 2.75) is 57.7 Å². The maximum atomic E-state index is 6.02. The monoisotopic (exact) mass is 443 g/mol. The smallest absolute Gasteiger partial charge is 0.119 e. The van der Waals surface area contributed by atoms with Crippen molar-refractivity contribution in [2.24, 2.45) is 0 Å². The summed E-state index contributed by atoms with van der Waals surface area (Å²) in [5.41, 5.74) is 5.96. The van der Waals surface area contributed by atoms with Crippen LogP contribution in [-0.4, -0.2) is 40.7 Å². The van der Waals surface area contributed by atoms with Crippen LogP contribution in [-0.2, 0) is 17.7 Å². The number of ether oxygens (including phenoxy) is 2. The minimum atomic E-state index is 0.238. The average molecular weight is 444 g/mol. The standard InChI is InChI=1S/C28H33N3O2/c1-21-6-2-7-22(14-21)15-24-17-29-18-27(30-24)28-11-4-12-31(28)19-23-8-3-9-25(16-23)33-20-26-10-5-13-32-26/h2-3,6-9,14,16-18,26,28H,4-5,10-13,15,19-20H2,1H3. The third-order valence-electron chi connectivity index (χ3n) is 6.62. The van der Waals surface area contributed by atoms with Crippen molar-refractivity contribution in [3.63, 3.8) is 0 Å². The molecule has 5 heteroatoms. The summed E-state index contributed by atoms with van der Waals surface area (Å²) >= 11 is 0. The highest BCUT2D eigenvalue weighted by Crippen LogP contribution is 2.32. The summed E-state index contributed by atoms with van der Waals surface area (Å²) in [5, 5.41) is 0. The molecule has 2 fully saturated rings. The minimum Gasteiger partial charge on any atom is -0.491 e. The molecule has 0 saturated carbocycles. The number of benzene rings is 2. The first-order valence-corrected chi connectivity index (χ1v) is 12.2. The molecule has 0 N–H and O–H groups in total. The van der Waals surface area contributed by atoms with Crippen molar-refractivity contribution < 1.29 is 9.47 Å². The number of aryl methyl sites for hydroxylation is 1. The van der Waals surface area contributed by atoms with Gasteiger partial charge in [-0.05, 0) is 62.4 Å². The van der Waals surface area contributed by atoms with E-state index in [1.54, 1.807) is 0 Å². The lowest BCUT2D eigenvalue weighted by atomic mass is 10.1. The van der Waals surface area contributed by atoms with Crippen molar-refractivity contribution in [3.8, 4) is 5.75 Å². The Labute approximate surface area is 196 Å². The minimum absolute atomic E-state index is 0.238. The molecule has 5 nitrogen and oxygen atoms in total. The summed E-state index contributed by atoms with van der Waals surface area (Å²) in [7, 11) is 0. The summed E-state index contributed by atoms with van der Waals surface area (Å²) in [6.07, 6.45) is 9.45. The van der Waals surface area contributed by atoms with Gasteiger partial charge in [0.2, 0.25) is 0 Å². The van der Waals surface area contributed by atoms with Gasteiger partial charge in [0.25, 0.3) is 0 Å². The van der Waals surface area contributed by atoms with Crippen LogP contribution in [0.5, 0.6) is 5.75 Å². The zero-order chi connectivity index (χ0) is 22.5. The highest BCUT2D eigenvalue weighted by atomic mass is 16.5. The molecule has 2 aromatic carbocycles. The highest BCUT2D eigenvalue weighted by Gasteiger charge is 2.27. The number of hydrogen-bond acceptors (Lipinski definition) is 5. The van der Waals surface area contributed by atoms with E-state index < -0.39 is 0 Å². The maximum absolute atomic E-state index is 6.02. The molecule has 2 saturated heterocycles. The lowest BCUT2D eigenvalue weighted by molar-refractivity contribution is 0.0679. The number of likely N-dealkylation sites (tertiary alicyclic amines) is 1. The molecule has 1 aromatic heterocycles. The molecule has 3 heterocycles. The van der Waals surface area contributed by atoms with E-state index in [0.717, 1.165) is 62.5 Å². The SMILES string of the molecule is Cc1cccc(Cc2cncc(C3CCCN3Cc3cccc(OCC4CCCO4)c3)n2)c1. The lowest BCUT2D eigenvalue weighted by Gasteiger charge is -2.24. The largest absolute Gasteiger partial charge is 0.491 e. The number of nitrogens with zero attached hydrogens (tertiary/aromatic N) is 3. The molecule has 0 bridgehead atoms. The second kappa shape index (κ2) is 10.4. The number of rotatable bonds is 8. The topological polar surface area (TPSA) is 47.5 Å². The molecule has 3 aromatic rings. The van der Waals surface area contributed by atoms with Crippen LogP contribution in [0.2, 0.25) is 0 Å². The van der Waals surface area contributed by atoms with Crippen LogP contribution in [0.15, 0.2) is 60.9 Å². The van der Waals surface area contributed by atoms with Crippen LogP contribution in [0.3, 0.4) is 0 Å². The van der Waals surface area contributed by atoms with E-state index >= 15 is 0 Å². The summed E-state index contributed by atoms with van der Waals surface area (Å²) < 4.78 is 11.7. The second-order valence-corrected chi connectivity index (χ2v) is 9.32. The third-order valence-corrected chi connectivity index (χ3v) is 6.62. The van der Waals surface area contributed by atoms with Gasteiger partial charge in [-0.1, -0.05) is 42.0 Å². The molecule has 0 spiro atoms. The maximum Gasteiger partial charge on any atom is 0.119 e. The van der Waals surface area contributed by atoms with Gasteiger partial charge in [0.05, 0.1) is 23.5 Å². The Hall–Kier alpha value is -2.76. The first kappa shape index (κ1) is 22.1. The predicted octanol–water partition coefficient (Wildman–Crippen LogP) is 5.27. The Morgan fingerprint density at radius 3 is 2.82 bits per heavy atom. The number of aromatic nitrogens is 2. The van der Waals surface area contributed by atoms with Crippen LogP contribution in [0.1, 0.15) is 59.8 Å². The Morgan fingerprint density at radius 2 is 1.94 bits per heavy atom. The van der Waals surface area contributed by atoms with Crippen LogP contribution >= 0.6 is 0 Å². The van der Waals surface area contributed by atoms with Gasteiger partial charge in [0, 0.05) is 32.0 Å². The van der Waals surface area contributed by atoms with Crippen LogP contribution in [0, 0.1) is 6.92 Å². The molecule has 0 radical (unpaired) electrons. The zero-order valence-electron chi connectivity index (χ0n) is 19.5. The normalized spacial score (nSPS) is 20.9. The van der Waals surface area contributed by atoms with Gasteiger partial charge in [-0.3, -0.25) is 14.9 Å². The fraction of sp³-hybridized carbons (Fsp3) is 0.429. The quantitative estimate of drug-likeness (QED) is 0.475. The predicted molar refractivity (Wildman–Crippen MR) is 129 cm³/mol. The summed E-state index contributed by atoms with van der Waals surface area (Å²) in [5.74, 6) is 0.929. The van der Waals surface area contributed by atoms with Crippen LogP contribution in [0.25, 0.3) is 0 Å². The molecule has 2 aliphatic rings. The Bertz CT molecular complexity index is 1060. The second-order valence-electron chi connectivity index (χ2n) is 9.32. The van der Waals surface area contributed by atoms with Gasteiger partial charge in [0.15, 0.2) is 0 Å². The van der Waals surface area contributed by atoms with Crippen molar-refractivity contribution in [2.75, 3.05) is 19.8 Å². The van der Waals surface area contributed by atoms with E-state index in [9.17, 15) is 0 Å². The summed E-state index contributed by atoms with van der Waals surface area (Å²) in [4.78, 5) is 12.1. The Kier molecular flexibility index (Phi) is 6.98. The molecule has 2 unspecified atom stereocenters.